The molecule has 13 heavy (non-hydrogen) atoms. The molecule has 0 aromatic carbocycles. The van der Waals surface area contributed by atoms with Gasteiger partial charge in [-0.1, -0.05) is 13.3 Å². The van der Waals surface area contributed by atoms with Gasteiger partial charge in [0.1, 0.15) is 6.67 Å². The molecule has 0 heterocycles. The largest absolute Gasteiger partial charge is 0.347 e. The lowest BCUT2D eigenvalue weighted by Crippen LogP contribution is -2.42. The molecular weight excluding hydrogens is 175 g/mol. The summed E-state index contributed by atoms with van der Waals surface area (Å²) in [5, 5.41) is 2.13. The van der Waals surface area contributed by atoms with Gasteiger partial charge in [0.15, 0.2) is 0 Å². The molecule has 76 valence electrons. The number of alkyl halides is 1. The number of carbonyl (C=O) groups excluding carboxylic acids is 2. The number of nitrogens with one attached hydrogen (secondary N) is 1. The third-order valence-corrected chi connectivity index (χ3v) is 1.54. The van der Waals surface area contributed by atoms with E-state index < -0.39 is 24.4 Å². The van der Waals surface area contributed by atoms with Crippen molar-refractivity contribution < 1.29 is 14.0 Å². The smallest absolute Gasteiger partial charge is 0.289 e. The second-order valence-corrected chi connectivity index (χ2v) is 2.70. The molecule has 0 saturated carbocycles. The van der Waals surface area contributed by atoms with Crippen LogP contribution in [0.25, 0.3) is 0 Å². The van der Waals surface area contributed by atoms with Crippen molar-refractivity contribution in [1.29, 1.82) is 0 Å². The lowest BCUT2D eigenvalue weighted by atomic mass is 10.1. The summed E-state index contributed by atoms with van der Waals surface area (Å²) in [4.78, 5) is 22.0. The van der Waals surface area contributed by atoms with Gasteiger partial charge in [0.25, 0.3) is 5.91 Å². The maximum Gasteiger partial charge on any atom is 0.289 e. The van der Waals surface area contributed by atoms with Crippen molar-refractivity contribution in [3.8, 4) is 0 Å². The van der Waals surface area contributed by atoms with Gasteiger partial charge in [-0.25, -0.2) is 4.39 Å². The second-order valence-electron chi connectivity index (χ2n) is 2.70. The number of nitrogens with two attached hydrogens (primary N) is 1. The van der Waals surface area contributed by atoms with Gasteiger partial charge in [0.05, 0.1) is 6.04 Å². The summed E-state index contributed by atoms with van der Waals surface area (Å²) in [6.07, 6.45) is 1.21. The van der Waals surface area contributed by atoms with Crippen molar-refractivity contribution in [1.82, 2.24) is 5.32 Å². The normalized spacial score (nSPS) is 12.2. The van der Waals surface area contributed by atoms with Crippen LogP contribution >= 0.6 is 0 Å². The molecule has 0 rings (SSSR count). The summed E-state index contributed by atoms with van der Waals surface area (Å²) in [6, 6.07) is -0.760. The van der Waals surface area contributed by atoms with E-state index in [-0.39, 0.29) is 6.54 Å². The van der Waals surface area contributed by atoms with Gasteiger partial charge in [-0.05, 0) is 6.42 Å². The number of hydrogen-bond acceptors (Lipinski definition) is 3. The fourth-order valence-electron chi connectivity index (χ4n) is 0.858. The van der Waals surface area contributed by atoms with Crippen LogP contribution in [0.5, 0.6) is 0 Å². The highest BCUT2D eigenvalue weighted by Crippen LogP contribution is 1.94. The summed E-state index contributed by atoms with van der Waals surface area (Å²) >= 11 is 0. The van der Waals surface area contributed by atoms with Crippen LogP contribution in [-0.4, -0.2) is 31.0 Å². The molecule has 0 spiro atoms. The highest BCUT2D eigenvalue weighted by atomic mass is 19.1. The van der Waals surface area contributed by atoms with Gasteiger partial charge in [-0.2, -0.15) is 0 Å². The molecule has 0 bridgehead atoms. The predicted molar refractivity (Wildman–Crippen MR) is 46.9 cm³/mol. The number of carbonyl (C=O) groups is 2. The minimum atomic E-state index is -0.793. The lowest BCUT2D eigenvalue weighted by Gasteiger charge is -2.07. The zero-order chi connectivity index (χ0) is 10.3. The van der Waals surface area contributed by atoms with Crippen LogP contribution in [0.15, 0.2) is 0 Å². The Morgan fingerprint density at radius 1 is 1.54 bits per heavy atom. The van der Waals surface area contributed by atoms with E-state index in [0.29, 0.717) is 6.42 Å². The molecular formula is C8H15FN2O2. The Morgan fingerprint density at radius 2 is 2.15 bits per heavy atom. The highest BCUT2D eigenvalue weighted by Gasteiger charge is 2.20. The maximum absolute atomic E-state index is 11.6. The Bertz CT molecular complexity index is 185. The highest BCUT2D eigenvalue weighted by molar-refractivity contribution is 6.38. The molecule has 1 amide bonds. The molecule has 3 N–H and O–H groups in total. The molecule has 1 unspecified atom stereocenters. The fraction of sp³-hybridized carbons (Fsp3) is 0.750. The Labute approximate surface area is 76.7 Å². The van der Waals surface area contributed by atoms with Gasteiger partial charge >= 0.3 is 0 Å². The number of Topliss-reactive ketones (excluding diaryl/α,β-unsaturated/α-hetero) is 1. The lowest BCUT2D eigenvalue weighted by molar-refractivity contribution is -0.138. The number of rotatable bonds is 6. The minimum absolute atomic E-state index is 0.135. The quantitative estimate of drug-likeness (QED) is 0.568. The summed E-state index contributed by atoms with van der Waals surface area (Å²) in [5.74, 6) is -1.46. The molecule has 0 aromatic rings. The van der Waals surface area contributed by atoms with Crippen LogP contribution in [0.2, 0.25) is 0 Å². The van der Waals surface area contributed by atoms with Crippen LogP contribution in [0.3, 0.4) is 0 Å². The first-order valence-corrected chi connectivity index (χ1v) is 4.27. The van der Waals surface area contributed by atoms with E-state index in [0.717, 1.165) is 6.42 Å². The first kappa shape index (κ1) is 12.0. The summed E-state index contributed by atoms with van der Waals surface area (Å²) in [6.45, 7) is 1.05. The SMILES string of the molecule is CCCC(N)C(=O)C(=O)NCCF. The van der Waals surface area contributed by atoms with E-state index >= 15 is 0 Å². The first-order chi connectivity index (χ1) is 6.13. The van der Waals surface area contributed by atoms with E-state index in [2.05, 4.69) is 5.32 Å². The van der Waals surface area contributed by atoms with Gasteiger partial charge in [0, 0.05) is 6.54 Å². The Hall–Kier alpha value is -0.970. The van der Waals surface area contributed by atoms with Crippen LogP contribution < -0.4 is 11.1 Å². The maximum atomic E-state index is 11.6. The zero-order valence-corrected chi connectivity index (χ0v) is 7.68. The van der Waals surface area contributed by atoms with Gasteiger partial charge in [-0.3, -0.25) is 9.59 Å². The Morgan fingerprint density at radius 3 is 2.62 bits per heavy atom. The van der Waals surface area contributed by atoms with E-state index in [1.165, 1.54) is 0 Å². The molecule has 0 saturated heterocycles. The fourth-order valence-corrected chi connectivity index (χ4v) is 0.858. The van der Waals surface area contributed by atoms with E-state index in [1.54, 1.807) is 0 Å². The number of halogens is 1. The Kier molecular flexibility index (Phi) is 6.05. The standard InChI is InChI=1S/C8H15FN2O2/c1-2-3-6(10)7(12)8(13)11-5-4-9/h6H,2-5,10H2,1H3,(H,11,13). The Balaban J connectivity index is 3.87. The van der Waals surface area contributed by atoms with Crippen LogP contribution in [-0.2, 0) is 9.59 Å². The van der Waals surface area contributed by atoms with Crippen molar-refractivity contribution in [2.24, 2.45) is 5.73 Å². The molecule has 0 radical (unpaired) electrons. The van der Waals surface area contributed by atoms with Gasteiger partial charge < -0.3 is 11.1 Å². The van der Waals surface area contributed by atoms with Crippen molar-refractivity contribution in [3.63, 3.8) is 0 Å². The molecule has 5 heteroatoms. The summed E-state index contributed by atoms with van der Waals surface area (Å²) in [5.41, 5.74) is 5.40. The zero-order valence-electron chi connectivity index (χ0n) is 7.68. The van der Waals surface area contributed by atoms with Crippen molar-refractivity contribution >= 4 is 11.7 Å². The average molecular weight is 190 g/mol. The molecule has 4 nitrogen and oxygen atoms in total. The number of hydrogen-bond donors (Lipinski definition) is 2. The van der Waals surface area contributed by atoms with Crippen molar-refractivity contribution in [2.45, 2.75) is 25.8 Å². The van der Waals surface area contributed by atoms with E-state index in [1.807, 2.05) is 6.92 Å². The van der Waals surface area contributed by atoms with Crippen LogP contribution in [0, 0.1) is 0 Å². The predicted octanol–water partition coefficient (Wildman–Crippen LogP) is -0.231. The summed E-state index contributed by atoms with van der Waals surface area (Å²) in [7, 11) is 0. The molecule has 0 fully saturated rings. The molecule has 0 aromatic heterocycles. The molecule has 1 atom stereocenters. The van der Waals surface area contributed by atoms with E-state index in [9.17, 15) is 14.0 Å². The third kappa shape index (κ3) is 4.57. The van der Waals surface area contributed by atoms with Gasteiger partial charge in [0.2, 0.25) is 5.78 Å². The average Bonchev–Trinajstić information content (AvgIpc) is 2.13. The van der Waals surface area contributed by atoms with Crippen molar-refractivity contribution in [3.05, 3.63) is 0 Å². The third-order valence-electron chi connectivity index (χ3n) is 1.54. The minimum Gasteiger partial charge on any atom is -0.347 e. The monoisotopic (exact) mass is 190 g/mol. The molecule has 0 aliphatic rings. The van der Waals surface area contributed by atoms with Crippen molar-refractivity contribution in [2.75, 3.05) is 13.2 Å². The van der Waals surface area contributed by atoms with Crippen LogP contribution in [0.4, 0.5) is 4.39 Å². The topological polar surface area (TPSA) is 72.2 Å². The van der Waals surface area contributed by atoms with Crippen LogP contribution in [0.1, 0.15) is 19.8 Å². The number of ketones is 1. The molecule has 0 aliphatic carbocycles. The number of amides is 1. The molecule has 0 aliphatic heterocycles. The second kappa shape index (κ2) is 6.54. The first-order valence-electron chi connectivity index (χ1n) is 4.27. The van der Waals surface area contributed by atoms with Gasteiger partial charge in [-0.15, -0.1) is 0 Å². The van der Waals surface area contributed by atoms with E-state index in [4.69, 9.17) is 5.73 Å². The summed E-state index contributed by atoms with van der Waals surface area (Å²) < 4.78 is 11.6.